The van der Waals surface area contributed by atoms with Crippen molar-refractivity contribution in [1.29, 1.82) is 0 Å². The number of carboxylic acids is 1. The van der Waals surface area contributed by atoms with Gasteiger partial charge in [-0.05, 0) is 32.4 Å². The van der Waals surface area contributed by atoms with Crippen molar-refractivity contribution in [3.8, 4) is 5.75 Å². The van der Waals surface area contributed by atoms with Gasteiger partial charge in [0.1, 0.15) is 0 Å². The number of nitrogens with one attached hydrogen (secondary N) is 1. The lowest BCUT2D eigenvalue weighted by Crippen LogP contribution is -3.11. The van der Waals surface area contributed by atoms with E-state index in [-0.39, 0.29) is 11.5 Å². The summed E-state index contributed by atoms with van der Waals surface area (Å²) in [5.41, 5.74) is 0.615. The van der Waals surface area contributed by atoms with E-state index < -0.39 is 5.97 Å². The van der Waals surface area contributed by atoms with Crippen molar-refractivity contribution in [3.05, 3.63) is 35.6 Å². The molecule has 0 atom stereocenters. The highest BCUT2D eigenvalue weighted by Gasteiger charge is 2.05. The zero-order valence-corrected chi connectivity index (χ0v) is 13.2. The van der Waals surface area contributed by atoms with Crippen LogP contribution in [-0.4, -0.2) is 37.8 Å². The lowest BCUT2D eigenvalue weighted by molar-refractivity contribution is -0.894. The number of methoxy groups -OCH3 is 1. The van der Waals surface area contributed by atoms with Gasteiger partial charge in [0.05, 0.1) is 26.7 Å². The van der Waals surface area contributed by atoms with Gasteiger partial charge in [-0.25, -0.2) is 4.79 Å². The van der Waals surface area contributed by atoms with Crippen LogP contribution in [-0.2, 0) is 9.53 Å². The molecule has 0 amide bonds. The van der Waals surface area contributed by atoms with E-state index in [0.29, 0.717) is 5.56 Å². The Morgan fingerprint density at radius 3 is 1.95 bits per heavy atom. The van der Waals surface area contributed by atoms with Crippen LogP contribution in [0.4, 0.5) is 0 Å². The number of aliphatic carboxylic acids is 1. The van der Waals surface area contributed by atoms with E-state index in [4.69, 9.17) is 5.11 Å². The van der Waals surface area contributed by atoms with Crippen LogP contribution in [0.5, 0.6) is 5.75 Å². The number of hydrogen-bond acceptors (Lipinski definition) is 3. The van der Waals surface area contributed by atoms with E-state index in [0.717, 1.165) is 0 Å². The molecule has 5 nitrogen and oxygen atoms in total. The van der Waals surface area contributed by atoms with Gasteiger partial charge in [-0.2, -0.15) is 0 Å². The topological polar surface area (TPSA) is 74.0 Å². The fourth-order valence-corrected chi connectivity index (χ4v) is 1.67. The Kier molecular flexibility index (Phi) is 9.71. The van der Waals surface area contributed by atoms with Gasteiger partial charge in [0.25, 0.3) is 0 Å². The maximum atomic E-state index is 10.7. The highest BCUT2D eigenvalue weighted by molar-refractivity contribution is 5.89. The van der Waals surface area contributed by atoms with Crippen molar-refractivity contribution < 1.29 is 24.6 Å². The number of benzene rings is 1. The molecular formula is C16H25NO4. The molecule has 0 unspecified atom stereocenters. The van der Waals surface area contributed by atoms with Crippen LogP contribution in [0.1, 0.15) is 26.3 Å². The SMILES string of the molecule is CC[NH+](CC)CC.COC(=Cc1ccc([O-])cc1)C(=O)O. The second kappa shape index (κ2) is 10.7. The maximum Gasteiger partial charge on any atom is 0.371 e. The quantitative estimate of drug-likeness (QED) is 0.600. The van der Waals surface area contributed by atoms with Crippen LogP contribution in [0.15, 0.2) is 30.0 Å². The number of carbonyl (C=O) groups is 1. The summed E-state index contributed by atoms with van der Waals surface area (Å²) in [4.78, 5) is 12.2. The van der Waals surface area contributed by atoms with Gasteiger partial charge in [0.2, 0.25) is 5.76 Å². The summed E-state index contributed by atoms with van der Waals surface area (Å²) in [5.74, 6) is -1.42. The number of quaternary nitrogens is 1. The largest absolute Gasteiger partial charge is 0.872 e. The van der Waals surface area contributed by atoms with E-state index in [2.05, 4.69) is 25.5 Å². The van der Waals surface area contributed by atoms with Crippen molar-refractivity contribution in [3.63, 3.8) is 0 Å². The summed E-state index contributed by atoms with van der Waals surface area (Å²) in [6.45, 7) is 10.5. The summed E-state index contributed by atoms with van der Waals surface area (Å²) in [6.07, 6.45) is 1.35. The molecule has 0 fully saturated rings. The molecule has 1 aromatic rings. The van der Waals surface area contributed by atoms with E-state index in [1.807, 2.05) is 0 Å². The van der Waals surface area contributed by atoms with Crippen LogP contribution >= 0.6 is 0 Å². The third-order valence-electron chi connectivity index (χ3n) is 3.11. The third kappa shape index (κ3) is 7.99. The lowest BCUT2D eigenvalue weighted by atomic mass is 10.2. The van der Waals surface area contributed by atoms with Crippen molar-refractivity contribution >= 4 is 12.0 Å². The average Bonchev–Trinajstić information content (AvgIpc) is 2.49. The number of rotatable bonds is 6. The van der Waals surface area contributed by atoms with Crippen molar-refractivity contribution in [2.75, 3.05) is 26.7 Å². The van der Waals surface area contributed by atoms with E-state index in [1.165, 1.54) is 57.1 Å². The molecule has 2 N–H and O–H groups in total. The first kappa shape index (κ1) is 19.0. The molecule has 1 aromatic carbocycles. The molecular weight excluding hydrogens is 270 g/mol. The summed E-state index contributed by atoms with van der Waals surface area (Å²) in [7, 11) is 1.28. The molecule has 0 saturated heterocycles. The second-order valence-corrected chi connectivity index (χ2v) is 4.40. The molecule has 0 bridgehead atoms. The predicted molar refractivity (Wildman–Crippen MR) is 81.1 cm³/mol. The molecule has 5 heteroatoms. The minimum absolute atomic E-state index is 0.114. The normalized spacial score (nSPS) is 10.8. The molecule has 0 aliphatic carbocycles. The molecule has 1 rings (SSSR count). The zero-order chi connectivity index (χ0) is 16.3. The molecule has 118 valence electrons. The summed E-state index contributed by atoms with van der Waals surface area (Å²) < 4.78 is 4.63. The molecule has 0 saturated carbocycles. The minimum atomic E-state index is -1.14. The molecule has 0 spiro atoms. The fourth-order valence-electron chi connectivity index (χ4n) is 1.67. The highest BCUT2D eigenvalue weighted by atomic mass is 16.5. The van der Waals surface area contributed by atoms with E-state index >= 15 is 0 Å². The molecule has 0 radical (unpaired) electrons. The van der Waals surface area contributed by atoms with Gasteiger partial charge >= 0.3 is 5.97 Å². The number of carboxylic acid groups (broad SMARTS) is 1. The Labute approximate surface area is 126 Å². The summed E-state index contributed by atoms with van der Waals surface area (Å²) >= 11 is 0. The smallest absolute Gasteiger partial charge is 0.371 e. The van der Waals surface area contributed by atoms with Crippen LogP contribution in [0.25, 0.3) is 6.08 Å². The Bertz CT molecular complexity index is 431. The van der Waals surface area contributed by atoms with Crippen LogP contribution in [0.2, 0.25) is 0 Å². The van der Waals surface area contributed by atoms with Gasteiger partial charge < -0.3 is 19.8 Å². The first-order chi connectivity index (χ1) is 9.98. The fraction of sp³-hybridized carbons (Fsp3) is 0.438. The lowest BCUT2D eigenvalue weighted by Gasteiger charge is -2.10. The van der Waals surface area contributed by atoms with Gasteiger partial charge in [-0.3, -0.25) is 0 Å². The number of hydrogen-bond donors (Lipinski definition) is 2. The Balaban J connectivity index is 0.000000486. The van der Waals surface area contributed by atoms with Crippen molar-refractivity contribution in [2.24, 2.45) is 0 Å². The summed E-state index contributed by atoms with van der Waals surface area (Å²) in [6, 6.07) is 5.79. The Morgan fingerprint density at radius 2 is 1.67 bits per heavy atom. The Morgan fingerprint density at radius 1 is 1.19 bits per heavy atom. The van der Waals surface area contributed by atoms with Gasteiger partial charge in [0, 0.05) is 0 Å². The first-order valence-corrected chi connectivity index (χ1v) is 7.07. The standard InChI is InChI=1S/C10H10O4.C6H15N/c1-14-9(10(12)13)6-7-2-4-8(11)5-3-7;1-4-7(5-2)6-3/h2-6,11H,1H3,(H,12,13);4-6H2,1-3H3. The zero-order valence-electron chi connectivity index (χ0n) is 13.2. The van der Waals surface area contributed by atoms with Gasteiger partial charge in [-0.15, -0.1) is 5.75 Å². The third-order valence-corrected chi connectivity index (χ3v) is 3.11. The maximum absolute atomic E-state index is 10.7. The molecule has 0 heterocycles. The van der Waals surface area contributed by atoms with E-state index in [9.17, 15) is 9.90 Å². The van der Waals surface area contributed by atoms with Gasteiger partial charge in [-0.1, -0.05) is 24.3 Å². The molecule has 0 aromatic heterocycles. The van der Waals surface area contributed by atoms with Gasteiger partial charge in [0.15, 0.2) is 0 Å². The van der Waals surface area contributed by atoms with Crippen LogP contribution in [0.3, 0.4) is 0 Å². The second-order valence-electron chi connectivity index (χ2n) is 4.40. The predicted octanol–water partition coefficient (Wildman–Crippen LogP) is 0.763. The monoisotopic (exact) mass is 295 g/mol. The number of ether oxygens (including phenoxy) is 1. The van der Waals surface area contributed by atoms with E-state index in [1.54, 1.807) is 4.90 Å². The van der Waals surface area contributed by atoms with Crippen LogP contribution in [0, 0.1) is 0 Å². The summed E-state index contributed by atoms with van der Waals surface area (Å²) in [5, 5.41) is 19.4. The van der Waals surface area contributed by atoms with Crippen LogP contribution < -0.4 is 10.0 Å². The van der Waals surface area contributed by atoms with Crippen molar-refractivity contribution in [2.45, 2.75) is 20.8 Å². The minimum Gasteiger partial charge on any atom is -0.872 e. The molecule has 21 heavy (non-hydrogen) atoms. The molecule has 0 aliphatic rings. The highest BCUT2D eigenvalue weighted by Crippen LogP contribution is 2.11. The first-order valence-electron chi connectivity index (χ1n) is 7.07. The Hall–Kier alpha value is -2.01. The average molecular weight is 295 g/mol. The van der Waals surface area contributed by atoms with Crippen molar-refractivity contribution in [1.82, 2.24) is 0 Å². The molecule has 0 aliphatic heterocycles.